The number of anilines is 1. The maximum Gasteiger partial charge on any atom is 0.292 e. The first kappa shape index (κ1) is 18.4. The SMILES string of the molecule is COc1cnc(C(=O)N2CCN=C(c3ccc(Cl)c(Cl)c3N)C2C)nc1. The highest BCUT2D eigenvalue weighted by Gasteiger charge is 2.31. The molecule has 26 heavy (non-hydrogen) atoms. The average molecular weight is 394 g/mol. The van der Waals surface area contributed by atoms with Gasteiger partial charge >= 0.3 is 0 Å². The Labute approximate surface area is 160 Å². The highest BCUT2D eigenvalue weighted by Crippen LogP contribution is 2.32. The summed E-state index contributed by atoms with van der Waals surface area (Å²) in [6.45, 7) is 2.78. The van der Waals surface area contributed by atoms with Crippen molar-refractivity contribution in [3.63, 3.8) is 0 Å². The van der Waals surface area contributed by atoms with E-state index < -0.39 is 0 Å². The third kappa shape index (κ3) is 3.32. The van der Waals surface area contributed by atoms with Gasteiger partial charge in [-0.05, 0) is 19.1 Å². The Bertz CT molecular complexity index is 870. The van der Waals surface area contributed by atoms with Crippen LogP contribution in [0.15, 0.2) is 29.5 Å². The first-order valence-corrected chi connectivity index (χ1v) is 8.64. The van der Waals surface area contributed by atoms with Crippen molar-refractivity contribution in [1.29, 1.82) is 0 Å². The maximum atomic E-state index is 12.8. The Kier molecular flexibility index (Phi) is 5.29. The number of aromatic nitrogens is 2. The number of methoxy groups -OCH3 is 1. The smallest absolute Gasteiger partial charge is 0.292 e. The Hall–Kier alpha value is -2.38. The molecule has 136 valence electrons. The number of hydrogen-bond acceptors (Lipinski definition) is 6. The number of rotatable bonds is 3. The maximum absolute atomic E-state index is 12.8. The van der Waals surface area contributed by atoms with Crippen LogP contribution in [0.1, 0.15) is 23.1 Å². The zero-order valence-corrected chi connectivity index (χ0v) is 15.8. The number of hydrogen-bond donors (Lipinski definition) is 1. The molecule has 2 aromatic rings. The lowest BCUT2D eigenvalue weighted by atomic mass is 9.99. The monoisotopic (exact) mass is 393 g/mol. The number of nitrogen functional groups attached to an aromatic ring is 1. The van der Waals surface area contributed by atoms with Gasteiger partial charge in [-0.1, -0.05) is 23.2 Å². The van der Waals surface area contributed by atoms with Crippen molar-refractivity contribution < 1.29 is 9.53 Å². The van der Waals surface area contributed by atoms with Gasteiger partial charge in [0.25, 0.3) is 5.91 Å². The molecule has 7 nitrogen and oxygen atoms in total. The Morgan fingerprint density at radius 3 is 2.65 bits per heavy atom. The van der Waals surface area contributed by atoms with Crippen molar-refractivity contribution in [2.45, 2.75) is 13.0 Å². The topological polar surface area (TPSA) is 93.7 Å². The van der Waals surface area contributed by atoms with Crippen molar-refractivity contribution in [3.8, 4) is 5.75 Å². The van der Waals surface area contributed by atoms with E-state index in [4.69, 9.17) is 33.7 Å². The molecule has 0 saturated heterocycles. The largest absolute Gasteiger partial charge is 0.494 e. The number of halogens is 2. The van der Waals surface area contributed by atoms with E-state index in [0.29, 0.717) is 40.8 Å². The van der Waals surface area contributed by atoms with Gasteiger partial charge in [-0.15, -0.1) is 0 Å². The summed E-state index contributed by atoms with van der Waals surface area (Å²) >= 11 is 12.2. The van der Waals surface area contributed by atoms with E-state index in [1.54, 1.807) is 17.0 Å². The highest BCUT2D eigenvalue weighted by atomic mass is 35.5. The zero-order chi connectivity index (χ0) is 18.8. The first-order valence-electron chi connectivity index (χ1n) is 7.89. The summed E-state index contributed by atoms with van der Waals surface area (Å²) in [6.07, 6.45) is 2.92. The lowest BCUT2D eigenvalue weighted by Crippen LogP contribution is -2.48. The van der Waals surface area contributed by atoms with Gasteiger partial charge < -0.3 is 15.4 Å². The number of ether oxygens (including phenoxy) is 1. The molecule has 1 unspecified atom stereocenters. The van der Waals surface area contributed by atoms with Crippen LogP contribution in [0, 0.1) is 0 Å². The van der Waals surface area contributed by atoms with Gasteiger partial charge in [0.05, 0.1) is 53.5 Å². The minimum absolute atomic E-state index is 0.0982. The number of benzene rings is 1. The van der Waals surface area contributed by atoms with Crippen LogP contribution in [0.2, 0.25) is 10.0 Å². The first-order chi connectivity index (χ1) is 12.4. The van der Waals surface area contributed by atoms with Gasteiger partial charge in [0.2, 0.25) is 5.82 Å². The van der Waals surface area contributed by atoms with Crippen LogP contribution >= 0.6 is 23.2 Å². The second-order valence-electron chi connectivity index (χ2n) is 5.71. The summed E-state index contributed by atoms with van der Waals surface area (Å²) in [6, 6.07) is 3.11. The highest BCUT2D eigenvalue weighted by molar-refractivity contribution is 6.44. The standard InChI is InChI=1S/C17H17Cl2N5O2/c1-9-15(11-3-4-12(18)13(19)14(11)20)21-5-6-24(9)17(25)16-22-7-10(26-2)8-23-16/h3-4,7-9H,5-6,20H2,1-2H3. The van der Waals surface area contributed by atoms with Crippen LogP contribution in [0.4, 0.5) is 5.69 Å². The molecule has 1 aromatic heterocycles. The molecule has 1 aromatic carbocycles. The summed E-state index contributed by atoms with van der Waals surface area (Å²) in [7, 11) is 1.51. The number of amides is 1. The van der Waals surface area contributed by atoms with Gasteiger partial charge in [-0.2, -0.15) is 0 Å². The van der Waals surface area contributed by atoms with Crippen LogP contribution in [0.3, 0.4) is 0 Å². The number of nitrogens with two attached hydrogens (primary N) is 1. The molecule has 1 aliphatic heterocycles. The van der Waals surface area contributed by atoms with Crippen molar-refractivity contribution in [3.05, 3.63) is 46.0 Å². The second-order valence-corrected chi connectivity index (χ2v) is 6.50. The van der Waals surface area contributed by atoms with E-state index in [1.807, 2.05) is 6.92 Å². The predicted octanol–water partition coefficient (Wildman–Crippen LogP) is 2.71. The van der Waals surface area contributed by atoms with Crippen LogP contribution in [0.5, 0.6) is 5.75 Å². The lowest BCUT2D eigenvalue weighted by Gasteiger charge is -2.33. The molecule has 9 heteroatoms. The lowest BCUT2D eigenvalue weighted by molar-refractivity contribution is 0.0720. The molecule has 3 rings (SSSR count). The number of carbonyl (C=O) groups is 1. The molecular weight excluding hydrogens is 377 g/mol. The summed E-state index contributed by atoms with van der Waals surface area (Å²) in [5, 5.41) is 0.651. The Morgan fingerprint density at radius 2 is 2.00 bits per heavy atom. The van der Waals surface area contributed by atoms with E-state index in [2.05, 4.69) is 15.0 Å². The molecule has 2 heterocycles. The fraction of sp³-hybridized carbons (Fsp3) is 0.294. The fourth-order valence-electron chi connectivity index (χ4n) is 2.79. The van der Waals surface area contributed by atoms with Gasteiger partial charge in [0, 0.05) is 12.1 Å². The van der Waals surface area contributed by atoms with E-state index in [9.17, 15) is 4.79 Å². The van der Waals surface area contributed by atoms with E-state index >= 15 is 0 Å². The zero-order valence-electron chi connectivity index (χ0n) is 14.2. The quantitative estimate of drug-likeness (QED) is 0.808. The molecule has 1 aliphatic rings. The Morgan fingerprint density at radius 1 is 1.31 bits per heavy atom. The summed E-state index contributed by atoms with van der Waals surface area (Å²) in [5.74, 6) is 0.297. The fourth-order valence-corrected chi connectivity index (χ4v) is 3.12. The van der Waals surface area contributed by atoms with E-state index in [1.165, 1.54) is 19.5 Å². The second kappa shape index (κ2) is 7.47. The molecule has 2 N–H and O–H groups in total. The Balaban J connectivity index is 1.89. The van der Waals surface area contributed by atoms with Gasteiger partial charge in [-0.25, -0.2) is 9.97 Å². The van der Waals surface area contributed by atoms with Gasteiger partial charge in [-0.3, -0.25) is 9.79 Å². The van der Waals surface area contributed by atoms with Crippen molar-refractivity contribution in [2.75, 3.05) is 25.9 Å². The number of aliphatic imine (C=N–C) groups is 1. The average Bonchev–Trinajstić information content (AvgIpc) is 2.66. The molecule has 1 amide bonds. The molecule has 1 atom stereocenters. The van der Waals surface area contributed by atoms with Crippen LogP contribution in [0.25, 0.3) is 0 Å². The third-order valence-electron chi connectivity index (χ3n) is 4.21. The summed E-state index contributed by atoms with van der Waals surface area (Å²) in [4.78, 5) is 27.2. The van der Waals surface area contributed by atoms with E-state index in [-0.39, 0.29) is 22.8 Å². The predicted molar refractivity (Wildman–Crippen MR) is 101 cm³/mol. The number of carbonyl (C=O) groups excluding carboxylic acids is 1. The molecule has 0 aliphatic carbocycles. The van der Waals surface area contributed by atoms with E-state index in [0.717, 1.165) is 0 Å². The summed E-state index contributed by atoms with van der Waals surface area (Å²) < 4.78 is 5.02. The van der Waals surface area contributed by atoms with Crippen molar-refractivity contribution in [2.24, 2.45) is 4.99 Å². The number of nitrogens with zero attached hydrogens (tertiary/aromatic N) is 4. The molecule has 0 radical (unpaired) electrons. The molecule has 0 fully saturated rings. The van der Waals surface area contributed by atoms with Crippen LogP contribution < -0.4 is 10.5 Å². The normalized spacial score (nSPS) is 17.0. The molecule has 0 bridgehead atoms. The van der Waals surface area contributed by atoms with Crippen molar-refractivity contribution in [1.82, 2.24) is 14.9 Å². The van der Waals surface area contributed by atoms with Gasteiger partial charge in [0.1, 0.15) is 0 Å². The van der Waals surface area contributed by atoms with Crippen molar-refractivity contribution >= 4 is 40.5 Å². The molecule has 0 saturated carbocycles. The van der Waals surface area contributed by atoms with Crippen LogP contribution in [-0.2, 0) is 0 Å². The molecular formula is C17H17Cl2N5O2. The molecule has 0 spiro atoms. The summed E-state index contributed by atoms with van der Waals surface area (Å²) in [5.41, 5.74) is 7.79. The van der Waals surface area contributed by atoms with Gasteiger partial charge in [0.15, 0.2) is 5.75 Å². The minimum Gasteiger partial charge on any atom is -0.494 e. The minimum atomic E-state index is -0.318. The van der Waals surface area contributed by atoms with Crippen LogP contribution in [-0.4, -0.2) is 52.7 Å². The third-order valence-corrected chi connectivity index (χ3v) is 5.03.